The van der Waals surface area contributed by atoms with Crippen LogP contribution in [-0.4, -0.2) is 16.3 Å². The number of pyridine rings is 1. The summed E-state index contributed by atoms with van der Waals surface area (Å²) in [6.07, 6.45) is 2.87. The van der Waals surface area contributed by atoms with Gasteiger partial charge in [0.2, 0.25) is 0 Å². The van der Waals surface area contributed by atoms with Crippen LogP contribution in [0.3, 0.4) is 0 Å². The first kappa shape index (κ1) is 22.7. The van der Waals surface area contributed by atoms with Gasteiger partial charge < -0.3 is 15.4 Å². The third-order valence-electron chi connectivity index (χ3n) is 4.82. The number of nitrogens with one attached hydrogen (secondary N) is 2. The molecule has 3 rings (SSSR count). The van der Waals surface area contributed by atoms with Gasteiger partial charge in [-0.15, -0.1) is 11.8 Å². The highest BCUT2D eigenvalue weighted by molar-refractivity contribution is 7.99. The second-order valence-corrected chi connectivity index (χ2v) is 8.89. The number of aryl methyl sites for hydroxylation is 1. The van der Waals surface area contributed by atoms with E-state index in [9.17, 15) is 4.79 Å². The van der Waals surface area contributed by atoms with Crippen molar-refractivity contribution in [3.63, 3.8) is 0 Å². The first-order valence-electron chi connectivity index (χ1n) is 10.5. The second kappa shape index (κ2) is 11.4. The molecule has 3 aromatic rings. The molecule has 1 atom stereocenters. The first-order chi connectivity index (χ1) is 15.0. The van der Waals surface area contributed by atoms with E-state index in [1.165, 1.54) is 4.90 Å². The van der Waals surface area contributed by atoms with Crippen LogP contribution in [0.15, 0.2) is 71.8 Å². The van der Waals surface area contributed by atoms with Gasteiger partial charge in [-0.05, 0) is 66.9 Å². The predicted molar refractivity (Wildman–Crippen MR) is 128 cm³/mol. The zero-order chi connectivity index (χ0) is 22.1. The Bertz CT molecular complexity index is 995. The van der Waals surface area contributed by atoms with Crippen LogP contribution < -0.4 is 15.4 Å². The molecule has 0 spiro atoms. The van der Waals surface area contributed by atoms with Crippen molar-refractivity contribution >= 4 is 23.5 Å². The van der Waals surface area contributed by atoms with Crippen molar-refractivity contribution in [3.8, 4) is 5.75 Å². The molecule has 0 aliphatic carbocycles. The molecule has 2 aromatic carbocycles. The molecule has 0 aliphatic rings. The average molecular weight is 436 g/mol. The maximum atomic E-state index is 12.4. The Kier molecular flexibility index (Phi) is 8.35. The fourth-order valence-electron chi connectivity index (χ4n) is 2.90. The van der Waals surface area contributed by atoms with Crippen molar-refractivity contribution in [2.45, 2.75) is 50.5 Å². The number of hydrogen-bond donors (Lipinski definition) is 2. The number of hydrogen-bond acceptors (Lipinski definition) is 4. The van der Waals surface area contributed by atoms with Crippen molar-refractivity contribution in [3.05, 3.63) is 83.7 Å². The zero-order valence-electron chi connectivity index (χ0n) is 18.2. The summed E-state index contributed by atoms with van der Waals surface area (Å²) in [6.45, 7) is 7.24. The molecule has 0 radical (unpaired) electrons. The Morgan fingerprint density at radius 3 is 2.74 bits per heavy atom. The Balaban J connectivity index is 1.50. The second-order valence-electron chi connectivity index (χ2n) is 7.38. The molecule has 2 N–H and O–H groups in total. The number of thioether (sulfide) groups is 1. The molecule has 1 aromatic heterocycles. The van der Waals surface area contributed by atoms with E-state index in [1.807, 2.05) is 67.2 Å². The summed E-state index contributed by atoms with van der Waals surface area (Å²) in [7, 11) is 0. The Labute approximate surface area is 188 Å². The third-order valence-corrected chi connectivity index (χ3v) is 6.08. The van der Waals surface area contributed by atoms with Gasteiger partial charge in [0.05, 0.1) is 5.69 Å². The summed E-state index contributed by atoms with van der Waals surface area (Å²) in [5.41, 5.74) is 3.70. The molecule has 0 fully saturated rings. The van der Waals surface area contributed by atoms with Crippen LogP contribution >= 0.6 is 11.8 Å². The lowest BCUT2D eigenvalue weighted by atomic mass is 10.2. The number of amides is 2. The van der Waals surface area contributed by atoms with Crippen LogP contribution in [-0.2, 0) is 13.2 Å². The van der Waals surface area contributed by atoms with Crippen molar-refractivity contribution in [2.75, 3.05) is 5.32 Å². The minimum Gasteiger partial charge on any atom is -0.487 e. The molecule has 1 heterocycles. The third kappa shape index (κ3) is 7.33. The maximum Gasteiger partial charge on any atom is 0.319 e. The number of anilines is 1. The topological polar surface area (TPSA) is 63.2 Å². The summed E-state index contributed by atoms with van der Waals surface area (Å²) in [5, 5.41) is 6.42. The summed E-state index contributed by atoms with van der Waals surface area (Å²) in [5.74, 6) is 0.746. The molecule has 5 nitrogen and oxygen atoms in total. The van der Waals surface area contributed by atoms with Gasteiger partial charge in [-0.3, -0.25) is 4.98 Å². The quantitative estimate of drug-likeness (QED) is 0.394. The molecule has 0 saturated heterocycles. The molecule has 31 heavy (non-hydrogen) atoms. The summed E-state index contributed by atoms with van der Waals surface area (Å²) in [4.78, 5) is 17.9. The minimum atomic E-state index is -0.231. The number of carbonyl (C=O) groups is 1. The van der Waals surface area contributed by atoms with E-state index >= 15 is 0 Å². The Hall–Kier alpha value is -2.99. The van der Waals surface area contributed by atoms with Crippen molar-refractivity contribution in [1.82, 2.24) is 10.3 Å². The fourth-order valence-corrected chi connectivity index (χ4v) is 3.92. The summed E-state index contributed by atoms with van der Waals surface area (Å²) < 4.78 is 5.80. The van der Waals surface area contributed by atoms with Gasteiger partial charge in [0.25, 0.3) is 0 Å². The predicted octanol–water partition coefficient (Wildman–Crippen LogP) is 6.18. The van der Waals surface area contributed by atoms with Gasteiger partial charge in [0.15, 0.2) is 0 Å². The SMILES string of the molecule is CCC(C)Sc1ccc(NC(=O)NCc2cccc(OCc3ccccn3)c2)c(C)c1. The van der Waals surface area contributed by atoms with Crippen LogP contribution in [0.25, 0.3) is 0 Å². The maximum absolute atomic E-state index is 12.4. The van der Waals surface area contributed by atoms with Crippen molar-refractivity contribution in [1.29, 1.82) is 0 Å². The van der Waals surface area contributed by atoms with Crippen LogP contribution in [0.5, 0.6) is 5.75 Å². The van der Waals surface area contributed by atoms with E-state index in [1.54, 1.807) is 6.20 Å². The lowest BCUT2D eigenvalue weighted by molar-refractivity contribution is 0.251. The van der Waals surface area contributed by atoms with Gasteiger partial charge in [-0.1, -0.05) is 32.0 Å². The largest absolute Gasteiger partial charge is 0.487 e. The molecule has 6 heteroatoms. The van der Waals surface area contributed by atoms with Crippen LogP contribution in [0.4, 0.5) is 10.5 Å². The van der Waals surface area contributed by atoms with E-state index in [4.69, 9.17) is 4.74 Å². The van der Waals surface area contributed by atoms with E-state index in [0.29, 0.717) is 18.4 Å². The van der Waals surface area contributed by atoms with Crippen LogP contribution in [0.1, 0.15) is 37.1 Å². The number of ether oxygens (including phenoxy) is 1. The van der Waals surface area contributed by atoms with Gasteiger partial charge in [0.1, 0.15) is 12.4 Å². The number of rotatable bonds is 9. The van der Waals surface area contributed by atoms with E-state index < -0.39 is 0 Å². The van der Waals surface area contributed by atoms with Crippen LogP contribution in [0, 0.1) is 6.92 Å². The van der Waals surface area contributed by atoms with E-state index in [0.717, 1.165) is 34.7 Å². The summed E-state index contributed by atoms with van der Waals surface area (Å²) in [6, 6.07) is 19.3. The first-order valence-corrected chi connectivity index (χ1v) is 11.3. The Morgan fingerprint density at radius 2 is 2.00 bits per heavy atom. The van der Waals surface area contributed by atoms with Crippen LogP contribution in [0.2, 0.25) is 0 Å². The fraction of sp³-hybridized carbons (Fsp3) is 0.280. The van der Waals surface area contributed by atoms with Gasteiger partial charge in [-0.2, -0.15) is 0 Å². The number of benzene rings is 2. The molecule has 0 bridgehead atoms. The highest BCUT2D eigenvalue weighted by Gasteiger charge is 2.08. The van der Waals surface area contributed by atoms with Crippen molar-refractivity contribution < 1.29 is 9.53 Å². The smallest absolute Gasteiger partial charge is 0.319 e. The zero-order valence-corrected chi connectivity index (χ0v) is 19.0. The molecule has 1 unspecified atom stereocenters. The average Bonchev–Trinajstić information content (AvgIpc) is 2.79. The molecular formula is C25H29N3O2S. The van der Waals surface area contributed by atoms with E-state index in [-0.39, 0.29) is 6.03 Å². The molecule has 0 saturated carbocycles. The Morgan fingerprint density at radius 1 is 1.13 bits per heavy atom. The molecule has 0 aliphatic heterocycles. The monoisotopic (exact) mass is 435 g/mol. The highest BCUT2D eigenvalue weighted by Crippen LogP contribution is 2.28. The molecule has 2 amide bonds. The minimum absolute atomic E-state index is 0.231. The lowest BCUT2D eigenvalue weighted by Crippen LogP contribution is -2.28. The number of aromatic nitrogens is 1. The number of carbonyl (C=O) groups excluding carboxylic acids is 1. The number of urea groups is 1. The van der Waals surface area contributed by atoms with Gasteiger partial charge in [0, 0.05) is 28.6 Å². The molecule has 162 valence electrons. The molecular weight excluding hydrogens is 406 g/mol. The van der Waals surface area contributed by atoms with E-state index in [2.05, 4.69) is 41.6 Å². The van der Waals surface area contributed by atoms with Gasteiger partial charge >= 0.3 is 6.03 Å². The standard InChI is InChI=1S/C25H29N3O2S/c1-4-19(3)31-23-11-12-24(18(2)14-23)28-25(29)27-16-20-8-7-10-22(15-20)30-17-21-9-5-6-13-26-21/h5-15,19H,4,16-17H2,1-3H3,(H2,27,28,29). The normalized spacial score (nSPS) is 11.6. The van der Waals surface area contributed by atoms with Gasteiger partial charge in [-0.25, -0.2) is 4.79 Å². The summed E-state index contributed by atoms with van der Waals surface area (Å²) >= 11 is 1.85. The van der Waals surface area contributed by atoms with Crippen molar-refractivity contribution in [2.24, 2.45) is 0 Å². The highest BCUT2D eigenvalue weighted by atomic mass is 32.2. The number of nitrogens with zero attached hydrogens (tertiary/aromatic N) is 1. The lowest BCUT2D eigenvalue weighted by Gasteiger charge is -2.13.